The largest absolute Gasteiger partial charge is 0.513 e. The SMILES string of the molecule is C/C(O)=C\C=C(/C)S(=O)(=O)/C(C)=C/C=C(\C)ON=O. The standard InChI is InChI=1S/C12H17NO5S/c1-9(14)5-7-11(3)19(16,17)12(4)8-6-10(2)18-13-15/h5-8,14H,1-4H3/b9-5+,10-6+,11-7+,12-8+. The van der Waals surface area contributed by atoms with Crippen molar-refractivity contribution in [1.29, 1.82) is 0 Å². The minimum atomic E-state index is -3.59. The van der Waals surface area contributed by atoms with Gasteiger partial charge in [0.25, 0.3) is 0 Å². The minimum Gasteiger partial charge on any atom is -0.513 e. The normalized spacial score (nSPS) is 15.4. The molecule has 1 N–H and O–H groups in total. The molecule has 0 atom stereocenters. The highest BCUT2D eigenvalue weighted by molar-refractivity contribution is 7.98. The van der Waals surface area contributed by atoms with Gasteiger partial charge in [-0.2, -0.15) is 0 Å². The van der Waals surface area contributed by atoms with Crippen molar-refractivity contribution in [3.05, 3.63) is 50.5 Å². The van der Waals surface area contributed by atoms with Crippen LogP contribution in [0.15, 0.2) is 51.0 Å². The Morgan fingerprint density at radius 1 is 1.00 bits per heavy atom. The van der Waals surface area contributed by atoms with Gasteiger partial charge in [0.15, 0.2) is 15.2 Å². The van der Waals surface area contributed by atoms with E-state index in [1.807, 2.05) is 0 Å². The second-order valence-corrected chi connectivity index (χ2v) is 6.10. The first kappa shape index (κ1) is 17.1. The van der Waals surface area contributed by atoms with E-state index in [9.17, 15) is 13.3 Å². The summed E-state index contributed by atoms with van der Waals surface area (Å²) in [7, 11) is -3.59. The molecule has 0 spiro atoms. The first-order valence-electron chi connectivity index (χ1n) is 5.36. The van der Waals surface area contributed by atoms with Gasteiger partial charge >= 0.3 is 0 Å². The number of aliphatic hydroxyl groups excluding tert-OH is 1. The Hall–Kier alpha value is -1.89. The molecule has 0 radical (unpaired) electrons. The van der Waals surface area contributed by atoms with Crippen LogP contribution in [0.2, 0.25) is 0 Å². The van der Waals surface area contributed by atoms with E-state index < -0.39 is 9.84 Å². The van der Waals surface area contributed by atoms with Crippen LogP contribution in [-0.2, 0) is 14.7 Å². The molecule has 0 aliphatic rings. The highest BCUT2D eigenvalue weighted by Gasteiger charge is 2.15. The zero-order valence-electron chi connectivity index (χ0n) is 11.2. The van der Waals surface area contributed by atoms with Crippen LogP contribution < -0.4 is 0 Å². The molecule has 0 rings (SSSR count). The fraction of sp³-hybridized carbons (Fsp3) is 0.333. The number of aliphatic hydroxyl groups is 1. The van der Waals surface area contributed by atoms with Crippen LogP contribution >= 0.6 is 0 Å². The van der Waals surface area contributed by atoms with Crippen LogP contribution in [0.1, 0.15) is 27.7 Å². The van der Waals surface area contributed by atoms with E-state index in [0.29, 0.717) is 0 Å². The van der Waals surface area contributed by atoms with E-state index in [1.165, 1.54) is 52.0 Å². The van der Waals surface area contributed by atoms with Gasteiger partial charge in [-0.1, -0.05) is 0 Å². The van der Waals surface area contributed by atoms with Gasteiger partial charge in [-0.25, -0.2) is 8.42 Å². The van der Waals surface area contributed by atoms with Crippen LogP contribution in [0.25, 0.3) is 0 Å². The van der Waals surface area contributed by atoms with Gasteiger partial charge in [-0.3, -0.25) is 0 Å². The summed E-state index contributed by atoms with van der Waals surface area (Å²) in [5, 5.41) is 11.2. The molecule has 0 saturated heterocycles. The summed E-state index contributed by atoms with van der Waals surface area (Å²) < 4.78 is 24.0. The van der Waals surface area contributed by atoms with Crippen molar-refractivity contribution in [3.8, 4) is 0 Å². The lowest BCUT2D eigenvalue weighted by atomic mass is 10.4. The summed E-state index contributed by atoms with van der Waals surface area (Å²) in [6.45, 7) is 5.75. The zero-order valence-corrected chi connectivity index (χ0v) is 12.1. The maximum Gasteiger partial charge on any atom is 0.198 e. The third kappa shape index (κ3) is 6.01. The maximum absolute atomic E-state index is 12.0. The number of hydrogen-bond donors (Lipinski definition) is 1. The number of nitrogens with zero attached hydrogens (tertiary/aromatic N) is 1. The Morgan fingerprint density at radius 3 is 1.89 bits per heavy atom. The molecule has 6 nitrogen and oxygen atoms in total. The lowest BCUT2D eigenvalue weighted by Gasteiger charge is -2.03. The number of hydrogen-bond acceptors (Lipinski definition) is 6. The van der Waals surface area contributed by atoms with Crippen LogP contribution in [0.3, 0.4) is 0 Å². The van der Waals surface area contributed by atoms with E-state index in [2.05, 4.69) is 10.2 Å². The van der Waals surface area contributed by atoms with Crippen molar-refractivity contribution >= 4 is 9.84 Å². The Morgan fingerprint density at radius 2 is 1.47 bits per heavy atom. The summed E-state index contributed by atoms with van der Waals surface area (Å²) in [4.78, 5) is 14.3. The average molecular weight is 287 g/mol. The molecule has 0 aromatic heterocycles. The molecule has 0 bridgehead atoms. The second kappa shape index (κ2) is 7.52. The van der Waals surface area contributed by atoms with Crippen LogP contribution in [0, 0.1) is 4.91 Å². The van der Waals surface area contributed by atoms with E-state index in [-0.39, 0.29) is 21.3 Å². The molecule has 0 unspecified atom stereocenters. The fourth-order valence-electron chi connectivity index (χ4n) is 0.995. The van der Waals surface area contributed by atoms with E-state index >= 15 is 0 Å². The highest BCUT2D eigenvalue weighted by atomic mass is 32.2. The van der Waals surface area contributed by atoms with Crippen molar-refractivity contribution in [1.82, 2.24) is 0 Å². The van der Waals surface area contributed by atoms with Crippen LogP contribution in [-0.4, -0.2) is 13.5 Å². The summed E-state index contributed by atoms with van der Waals surface area (Å²) in [6, 6.07) is 0. The van der Waals surface area contributed by atoms with Gasteiger partial charge in [0.1, 0.15) is 5.76 Å². The molecule has 19 heavy (non-hydrogen) atoms. The summed E-state index contributed by atoms with van der Waals surface area (Å²) in [6.07, 6.45) is 5.24. The first-order chi connectivity index (χ1) is 8.71. The van der Waals surface area contributed by atoms with Gasteiger partial charge in [-0.15, -0.1) is 4.91 Å². The summed E-state index contributed by atoms with van der Waals surface area (Å²) in [5.74, 6) is 0.190. The molecule has 0 aromatic rings. The molecular formula is C12H17NO5S. The summed E-state index contributed by atoms with van der Waals surface area (Å²) in [5.41, 5.74) is 0. The Kier molecular flexibility index (Phi) is 6.78. The fourth-order valence-corrected chi connectivity index (χ4v) is 2.00. The van der Waals surface area contributed by atoms with Crippen molar-refractivity contribution in [2.75, 3.05) is 0 Å². The Balaban J connectivity index is 5.28. The first-order valence-corrected chi connectivity index (χ1v) is 6.84. The lowest BCUT2D eigenvalue weighted by molar-refractivity contribution is 0.224. The highest BCUT2D eigenvalue weighted by Crippen LogP contribution is 2.17. The predicted octanol–water partition coefficient (Wildman–Crippen LogP) is 3.27. The quantitative estimate of drug-likeness (QED) is 0.350. The van der Waals surface area contributed by atoms with E-state index in [4.69, 9.17) is 5.11 Å². The third-order valence-electron chi connectivity index (χ3n) is 2.14. The zero-order chi connectivity index (χ0) is 15.1. The Bertz CT molecular complexity index is 549. The average Bonchev–Trinajstić information content (AvgIpc) is 2.32. The van der Waals surface area contributed by atoms with Crippen molar-refractivity contribution in [3.63, 3.8) is 0 Å². The van der Waals surface area contributed by atoms with Crippen molar-refractivity contribution in [2.45, 2.75) is 27.7 Å². The van der Waals surface area contributed by atoms with Gasteiger partial charge in [0, 0.05) is 9.81 Å². The van der Waals surface area contributed by atoms with E-state index in [1.54, 1.807) is 0 Å². The molecule has 0 saturated carbocycles. The molecule has 0 amide bonds. The van der Waals surface area contributed by atoms with Gasteiger partial charge in [0.2, 0.25) is 0 Å². The molecule has 0 aromatic carbocycles. The Labute approximate surface area is 112 Å². The second-order valence-electron chi connectivity index (χ2n) is 3.81. The number of allylic oxidation sites excluding steroid dienone is 8. The minimum absolute atomic E-state index is 0.0115. The van der Waals surface area contributed by atoms with Gasteiger partial charge < -0.3 is 9.94 Å². The predicted molar refractivity (Wildman–Crippen MR) is 73.5 cm³/mol. The van der Waals surface area contributed by atoms with Crippen molar-refractivity contribution < 1.29 is 18.4 Å². The van der Waals surface area contributed by atoms with E-state index in [0.717, 1.165) is 0 Å². The number of rotatable bonds is 6. The maximum atomic E-state index is 12.0. The van der Waals surface area contributed by atoms with Crippen LogP contribution in [0.5, 0.6) is 0 Å². The molecule has 0 fully saturated rings. The van der Waals surface area contributed by atoms with Gasteiger partial charge in [-0.05, 0) is 52.0 Å². The molecule has 0 aliphatic heterocycles. The van der Waals surface area contributed by atoms with Gasteiger partial charge in [0.05, 0.1) is 5.76 Å². The summed E-state index contributed by atoms with van der Waals surface area (Å²) >= 11 is 0. The monoisotopic (exact) mass is 287 g/mol. The topological polar surface area (TPSA) is 93.0 Å². The third-order valence-corrected chi connectivity index (χ3v) is 4.11. The molecular weight excluding hydrogens is 270 g/mol. The molecule has 0 heterocycles. The van der Waals surface area contributed by atoms with Crippen molar-refractivity contribution in [2.24, 2.45) is 5.34 Å². The smallest absolute Gasteiger partial charge is 0.198 e. The van der Waals surface area contributed by atoms with Crippen LogP contribution in [0.4, 0.5) is 0 Å². The molecule has 0 aliphatic carbocycles. The molecule has 106 valence electrons. The lowest BCUT2D eigenvalue weighted by Crippen LogP contribution is -2.02. The number of sulfone groups is 1. The molecule has 7 heteroatoms.